The van der Waals surface area contributed by atoms with Crippen LogP contribution in [0, 0.1) is 13.8 Å². The van der Waals surface area contributed by atoms with Gasteiger partial charge < -0.3 is 9.23 Å². The molecule has 4 heteroatoms. The van der Waals surface area contributed by atoms with Gasteiger partial charge in [0.15, 0.2) is 11.8 Å². The maximum atomic E-state index is 8.03. The molecule has 0 unspecified atom stereocenters. The summed E-state index contributed by atoms with van der Waals surface area (Å²) in [6.45, 7) is -3.13. The molecule has 2 aromatic heterocycles. The lowest BCUT2D eigenvalue weighted by atomic mass is 9.51. The van der Waals surface area contributed by atoms with Crippen LogP contribution < -0.4 is 15.8 Å². The normalized spacial score (nSPS) is 18.9. The van der Waals surface area contributed by atoms with E-state index in [1.165, 1.54) is 0 Å². The summed E-state index contributed by atoms with van der Waals surface area (Å²) in [5, 5.41) is 0.756. The van der Waals surface area contributed by atoms with Gasteiger partial charge >= 0.3 is 6.85 Å². The molecule has 0 radical (unpaired) electrons. The average Bonchev–Trinajstić information content (AvgIpc) is 3.00. The Morgan fingerprint density at radius 3 is 2.83 bits per heavy atom. The molecule has 1 aromatic carbocycles. The zero-order valence-electron chi connectivity index (χ0n) is 19.9. The molecule has 120 valence electrons. The fraction of sp³-hybridized carbons (Fsp3) is 0.250. The number of nitrogens with zero attached hydrogens (tertiary/aromatic N) is 2. The highest BCUT2D eigenvalue weighted by Crippen LogP contribution is 2.29. The molecular weight excluding hydrogens is 295 g/mol. The van der Waals surface area contributed by atoms with Crippen molar-refractivity contribution >= 4 is 34.6 Å². The predicted molar refractivity (Wildman–Crippen MR) is 99.7 cm³/mol. The summed E-state index contributed by atoms with van der Waals surface area (Å²) >= 11 is 0. The van der Waals surface area contributed by atoms with E-state index in [1.807, 2.05) is 35.1 Å². The van der Waals surface area contributed by atoms with Crippen LogP contribution in [0.25, 0.3) is 16.5 Å². The molecule has 1 aliphatic rings. The van der Waals surface area contributed by atoms with Crippen molar-refractivity contribution in [3.63, 3.8) is 0 Å². The van der Waals surface area contributed by atoms with Gasteiger partial charge in [0.25, 0.3) is 0 Å². The third-order valence-electron chi connectivity index (χ3n) is 4.68. The molecule has 24 heavy (non-hydrogen) atoms. The van der Waals surface area contributed by atoms with Crippen LogP contribution in [-0.4, -0.2) is 18.7 Å². The first-order valence-electron chi connectivity index (χ1n) is 10.9. The van der Waals surface area contributed by atoms with Gasteiger partial charge in [0.05, 0.1) is 0 Å². The molecule has 1 aliphatic heterocycles. The minimum Gasteiger partial charge on any atom is -0.467 e. The zero-order chi connectivity index (χ0) is 22.0. The van der Waals surface area contributed by atoms with E-state index in [9.17, 15) is 0 Å². The second-order valence-electron chi connectivity index (χ2n) is 6.35. The number of para-hydroxylation sites is 1. The van der Waals surface area contributed by atoms with Gasteiger partial charge in [-0.2, -0.15) is 0 Å². The van der Waals surface area contributed by atoms with Crippen LogP contribution in [0.3, 0.4) is 0 Å². The summed E-state index contributed by atoms with van der Waals surface area (Å²) < 4.78 is 55.4. The third kappa shape index (κ3) is 2.09. The Morgan fingerprint density at radius 2 is 2.04 bits per heavy atom. The van der Waals surface area contributed by atoms with Crippen LogP contribution in [0.15, 0.2) is 47.1 Å². The van der Waals surface area contributed by atoms with Gasteiger partial charge in [-0.25, -0.2) is 4.57 Å². The molecular formula is C20H22BN2O+. The van der Waals surface area contributed by atoms with E-state index in [0.717, 1.165) is 11.0 Å². The molecule has 0 saturated carbocycles. The predicted octanol–water partition coefficient (Wildman–Crippen LogP) is 2.29. The Hall–Kier alpha value is -2.49. The molecule has 3 nitrogen and oxygen atoms in total. The number of hydrogen-bond acceptors (Lipinski definition) is 2. The Balaban J connectivity index is 1.98. The highest BCUT2D eigenvalue weighted by Gasteiger charge is 2.41. The minimum atomic E-state index is -2.30. The smallest absolute Gasteiger partial charge is 0.443 e. The number of fused-ring (bicyclic) bond motifs is 3. The fourth-order valence-corrected chi connectivity index (χ4v) is 3.45. The van der Waals surface area contributed by atoms with Crippen molar-refractivity contribution in [2.75, 3.05) is 7.05 Å². The van der Waals surface area contributed by atoms with Crippen molar-refractivity contribution in [2.45, 2.75) is 20.6 Å². The summed E-state index contributed by atoms with van der Waals surface area (Å²) in [6, 6.07) is 9.24. The van der Waals surface area contributed by atoms with Crippen molar-refractivity contribution in [3.05, 3.63) is 59.4 Å². The topological polar surface area (TPSA) is 20.3 Å². The number of pyridine rings is 1. The molecule has 0 fully saturated rings. The van der Waals surface area contributed by atoms with Gasteiger partial charge in [0, 0.05) is 30.8 Å². The van der Waals surface area contributed by atoms with E-state index in [4.69, 9.17) is 12.6 Å². The molecule has 4 rings (SSSR count). The zero-order valence-corrected chi connectivity index (χ0v) is 13.9. The summed E-state index contributed by atoms with van der Waals surface area (Å²) in [5.74, 6) is 0. The van der Waals surface area contributed by atoms with Crippen LogP contribution in [0.1, 0.15) is 31.8 Å². The number of hydrogen-bond donors (Lipinski definition) is 0. The molecule has 0 amide bonds. The second kappa shape index (κ2) is 5.27. The lowest BCUT2D eigenvalue weighted by Crippen LogP contribution is -2.65. The molecule has 0 spiro atoms. The summed E-state index contributed by atoms with van der Waals surface area (Å²) in [5.41, 5.74) is 3.74. The van der Waals surface area contributed by atoms with Gasteiger partial charge in [-0.15, -0.1) is 0 Å². The van der Waals surface area contributed by atoms with Crippen LogP contribution >= 0.6 is 0 Å². The largest absolute Gasteiger partial charge is 0.467 e. The highest BCUT2D eigenvalue weighted by molar-refractivity contribution is 6.82. The van der Waals surface area contributed by atoms with Crippen LogP contribution in [-0.2, 0) is 7.05 Å². The number of rotatable bonds is 1. The van der Waals surface area contributed by atoms with Crippen molar-refractivity contribution < 1.29 is 17.2 Å². The van der Waals surface area contributed by atoms with Crippen LogP contribution in [0.5, 0.6) is 0 Å². The van der Waals surface area contributed by atoms with Crippen molar-refractivity contribution in [2.24, 2.45) is 7.05 Å². The van der Waals surface area contributed by atoms with Gasteiger partial charge in [0.2, 0.25) is 0 Å². The first-order valence-corrected chi connectivity index (χ1v) is 7.86. The number of aromatic nitrogens is 1. The molecule has 0 atom stereocenters. The van der Waals surface area contributed by atoms with Crippen LogP contribution in [0.2, 0.25) is 0 Å². The summed E-state index contributed by atoms with van der Waals surface area (Å²) in [6.07, 6.45) is 3.27. The molecule has 0 saturated heterocycles. The number of allylic oxidation sites excluding steroid dienone is 1. The van der Waals surface area contributed by atoms with E-state index >= 15 is 0 Å². The Morgan fingerprint density at radius 1 is 1.21 bits per heavy atom. The quantitative estimate of drug-likeness (QED) is 0.506. The van der Waals surface area contributed by atoms with E-state index in [1.54, 1.807) is 38.0 Å². The van der Waals surface area contributed by atoms with E-state index < -0.39 is 20.6 Å². The van der Waals surface area contributed by atoms with Crippen molar-refractivity contribution in [1.82, 2.24) is 4.81 Å². The van der Waals surface area contributed by atoms with Crippen molar-refractivity contribution in [3.8, 4) is 0 Å². The molecule has 0 aliphatic carbocycles. The minimum absolute atomic E-state index is 0.236. The highest BCUT2D eigenvalue weighted by atomic mass is 16.3. The monoisotopic (exact) mass is 323 g/mol. The average molecular weight is 323 g/mol. The van der Waals surface area contributed by atoms with Gasteiger partial charge in [0.1, 0.15) is 18.3 Å². The lowest BCUT2D eigenvalue weighted by Gasteiger charge is -2.26. The maximum Gasteiger partial charge on any atom is 0.443 e. The van der Waals surface area contributed by atoms with E-state index in [0.29, 0.717) is 22.4 Å². The fourth-order valence-electron chi connectivity index (χ4n) is 3.45. The summed E-state index contributed by atoms with van der Waals surface area (Å²) in [7, 11) is 3.60. The van der Waals surface area contributed by atoms with Gasteiger partial charge in [-0.1, -0.05) is 18.2 Å². The van der Waals surface area contributed by atoms with Crippen molar-refractivity contribution in [1.29, 1.82) is 0 Å². The van der Waals surface area contributed by atoms with Gasteiger partial charge in [-0.05, 0) is 51.1 Å². The Bertz CT molecular complexity index is 1180. The Kier molecular flexibility index (Phi) is 2.13. The van der Waals surface area contributed by atoms with Crippen LogP contribution in [0.4, 0.5) is 0 Å². The molecule has 0 bridgehead atoms. The number of furan rings is 1. The Labute approximate surface area is 151 Å². The standard InChI is InChI=1S/C20H22BN2O/c1-13-10-18(22(4)11-14(13)2)21-20-19(15(3)12-23(21)5)16-8-6-7-9-17(16)24-20/h6-12H,1-5H3/q+1/i2D3,3D3. The first-order chi connectivity index (χ1) is 13.9. The van der Waals surface area contributed by atoms with E-state index in [-0.39, 0.29) is 11.1 Å². The molecule has 3 aromatic rings. The molecule has 0 N–H and O–H groups in total. The summed E-state index contributed by atoms with van der Waals surface area (Å²) in [4.78, 5) is 1.82. The first kappa shape index (κ1) is 9.72. The van der Waals surface area contributed by atoms with Gasteiger partial charge in [-0.3, -0.25) is 0 Å². The lowest BCUT2D eigenvalue weighted by molar-refractivity contribution is -0.654. The SMILES string of the molecule is [2H]C([2H])([2H])C1=CN(C)B(c2cc(C)c(C([2H])([2H])[2H])c[n+]2C)c2oc3ccccc3c21. The van der Waals surface area contributed by atoms with E-state index in [2.05, 4.69) is 0 Å². The number of aryl methyl sites for hydroxylation is 3. The third-order valence-corrected chi connectivity index (χ3v) is 4.68. The second-order valence-corrected chi connectivity index (χ2v) is 6.35. The molecule has 3 heterocycles. The maximum absolute atomic E-state index is 8.03. The number of benzene rings is 1.